The van der Waals surface area contributed by atoms with Crippen LogP contribution in [0.25, 0.3) is 0 Å². The van der Waals surface area contributed by atoms with Crippen molar-refractivity contribution in [3.8, 4) is 0 Å². The van der Waals surface area contributed by atoms with Crippen LogP contribution in [0.1, 0.15) is 65.6 Å². The van der Waals surface area contributed by atoms with E-state index in [4.69, 9.17) is 4.98 Å². The van der Waals surface area contributed by atoms with E-state index >= 15 is 0 Å². The highest BCUT2D eigenvalue weighted by molar-refractivity contribution is 5.44. The number of anilines is 1. The van der Waals surface area contributed by atoms with Gasteiger partial charge in [-0.25, -0.2) is 4.98 Å². The quantitative estimate of drug-likeness (QED) is 0.778. The van der Waals surface area contributed by atoms with Crippen molar-refractivity contribution in [3.63, 3.8) is 0 Å². The summed E-state index contributed by atoms with van der Waals surface area (Å²) < 4.78 is 0. The lowest BCUT2D eigenvalue weighted by molar-refractivity contribution is 0.551. The smallest absolute Gasteiger partial charge is 0.129 e. The molecule has 3 nitrogen and oxygen atoms in total. The van der Waals surface area contributed by atoms with Crippen molar-refractivity contribution in [2.75, 3.05) is 18.0 Å². The molecular weight excluding hydrogens is 258 g/mol. The summed E-state index contributed by atoms with van der Waals surface area (Å²) in [6, 6.07) is 4.96. The van der Waals surface area contributed by atoms with Gasteiger partial charge in [0, 0.05) is 24.8 Å². The predicted molar refractivity (Wildman–Crippen MR) is 93.0 cm³/mol. The van der Waals surface area contributed by atoms with Crippen molar-refractivity contribution in [1.29, 1.82) is 0 Å². The maximum Gasteiger partial charge on any atom is 0.129 e. The summed E-state index contributed by atoms with van der Waals surface area (Å²) in [6.07, 6.45) is 0. The summed E-state index contributed by atoms with van der Waals surface area (Å²) in [7, 11) is 0. The summed E-state index contributed by atoms with van der Waals surface area (Å²) in [4.78, 5) is 7.23. The van der Waals surface area contributed by atoms with Crippen molar-refractivity contribution >= 4 is 5.82 Å². The Hall–Kier alpha value is -1.09. The third-order valence-corrected chi connectivity index (χ3v) is 3.62. The Labute approximate surface area is 131 Å². The molecule has 0 fully saturated rings. The molecule has 0 saturated carbocycles. The number of hydrogen-bond donors (Lipinski definition) is 1. The number of pyridine rings is 1. The molecule has 0 unspecified atom stereocenters. The molecule has 120 valence electrons. The lowest BCUT2D eigenvalue weighted by Crippen LogP contribution is -2.31. The zero-order valence-corrected chi connectivity index (χ0v) is 14.9. The minimum Gasteiger partial charge on any atom is -0.354 e. The molecule has 0 amide bonds. The second-order valence-corrected chi connectivity index (χ2v) is 6.82. The van der Waals surface area contributed by atoms with Crippen molar-refractivity contribution in [2.45, 2.75) is 67.0 Å². The molecule has 1 rings (SSSR count). The largest absolute Gasteiger partial charge is 0.354 e. The van der Waals surface area contributed by atoms with Crippen LogP contribution in [0.15, 0.2) is 12.1 Å². The van der Waals surface area contributed by atoms with E-state index in [2.05, 4.69) is 70.8 Å². The Morgan fingerprint density at radius 3 is 2.24 bits per heavy atom. The van der Waals surface area contributed by atoms with E-state index in [0.29, 0.717) is 17.9 Å². The molecule has 0 spiro atoms. The first kappa shape index (κ1) is 18.0. The lowest BCUT2D eigenvalue weighted by atomic mass is 10.1. The molecule has 21 heavy (non-hydrogen) atoms. The molecule has 0 atom stereocenters. The molecule has 0 saturated heterocycles. The van der Waals surface area contributed by atoms with E-state index in [0.717, 1.165) is 25.5 Å². The van der Waals surface area contributed by atoms with Crippen LogP contribution in [0.5, 0.6) is 0 Å². The summed E-state index contributed by atoms with van der Waals surface area (Å²) in [5.41, 5.74) is 2.52. The van der Waals surface area contributed by atoms with Crippen LogP contribution in [0.2, 0.25) is 0 Å². The van der Waals surface area contributed by atoms with Gasteiger partial charge in [-0.1, -0.05) is 27.7 Å². The van der Waals surface area contributed by atoms with E-state index < -0.39 is 0 Å². The van der Waals surface area contributed by atoms with Crippen LogP contribution < -0.4 is 10.2 Å². The number of aromatic nitrogens is 1. The molecule has 0 aromatic carbocycles. The maximum absolute atomic E-state index is 4.87. The summed E-state index contributed by atoms with van der Waals surface area (Å²) in [5, 5.41) is 3.53. The molecule has 1 aromatic heterocycles. The van der Waals surface area contributed by atoms with Gasteiger partial charge in [0.05, 0.1) is 0 Å². The average molecular weight is 291 g/mol. The van der Waals surface area contributed by atoms with E-state index in [1.54, 1.807) is 0 Å². The molecule has 0 aliphatic heterocycles. The maximum atomic E-state index is 4.87. The topological polar surface area (TPSA) is 28.2 Å². The lowest BCUT2D eigenvalue weighted by Gasteiger charge is -2.27. The Morgan fingerprint density at radius 2 is 1.76 bits per heavy atom. The normalized spacial score (nSPS) is 11.7. The third kappa shape index (κ3) is 5.66. The summed E-state index contributed by atoms with van der Waals surface area (Å²) in [5.74, 6) is 2.25. The highest BCUT2D eigenvalue weighted by Gasteiger charge is 2.13. The van der Waals surface area contributed by atoms with Gasteiger partial charge in [-0.2, -0.15) is 0 Å². The molecule has 1 heterocycles. The van der Waals surface area contributed by atoms with Crippen molar-refractivity contribution in [2.24, 2.45) is 5.92 Å². The second-order valence-electron chi connectivity index (χ2n) is 6.82. The molecule has 0 aliphatic rings. The fourth-order valence-electron chi connectivity index (χ4n) is 2.44. The first-order chi connectivity index (χ1) is 9.85. The van der Waals surface area contributed by atoms with Crippen LogP contribution in [0.3, 0.4) is 0 Å². The Morgan fingerprint density at radius 1 is 1.10 bits per heavy atom. The summed E-state index contributed by atoms with van der Waals surface area (Å²) in [6.45, 7) is 18.5. The van der Waals surface area contributed by atoms with Gasteiger partial charge in [-0.05, 0) is 56.8 Å². The number of hydrogen-bond acceptors (Lipinski definition) is 3. The van der Waals surface area contributed by atoms with Crippen LogP contribution in [-0.2, 0) is 6.54 Å². The van der Waals surface area contributed by atoms with Gasteiger partial charge in [0.1, 0.15) is 5.82 Å². The number of rotatable bonds is 8. The Kier molecular flexibility index (Phi) is 7.16. The fourth-order valence-corrected chi connectivity index (χ4v) is 2.44. The predicted octanol–water partition coefficient (Wildman–Crippen LogP) is 4.19. The number of nitrogens with one attached hydrogen (secondary N) is 1. The van der Waals surface area contributed by atoms with E-state index in [9.17, 15) is 0 Å². The van der Waals surface area contributed by atoms with E-state index in [1.807, 2.05) is 0 Å². The van der Waals surface area contributed by atoms with Crippen molar-refractivity contribution in [1.82, 2.24) is 10.3 Å². The zero-order valence-electron chi connectivity index (χ0n) is 14.9. The van der Waals surface area contributed by atoms with Gasteiger partial charge in [0.25, 0.3) is 0 Å². The third-order valence-electron chi connectivity index (χ3n) is 3.62. The molecule has 0 radical (unpaired) electrons. The van der Waals surface area contributed by atoms with Crippen molar-refractivity contribution in [3.05, 3.63) is 23.4 Å². The minimum absolute atomic E-state index is 0.458. The molecular formula is C18H33N3. The van der Waals surface area contributed by atoms with Gasteiger partial charge in [0.15, 0.2) is 0 Å². The van der Waals surface area contributed by atoms with Crippen LogP contribution in [0, 0.1) is 5.92 Å². The highest BCUT2D eigenvalue weighted by Crippen LogP contribution is 2.21. The van der Waals surface area contributed by atoms with Crippen LogP contribution in [0.4, 0.5) is 5.82 Å². The highest BCUT2D eigenvalue weighted by atomic mass is 15.2. The second kappa shape index (κ2) is 8.38. The van der Waals surface area contributed by atoms with Gasteiger partial charge >= 0.3 is 0 Å². The SMILES string of the molecule is CCN(c1cc(CNCC(C)C)cc(C(C)C)n1)C(C)C. The molecule has 0 bridgehead atoms. The minimum atomic E-state index is 0.458. The molecule has 0 aliphatic carbocycles. The van der Waals surface area contributed by atoms with Crippen LogP contribution in [-0.4, -0.2) is 24.1 Å². The van der Waals surface area contributed by atoms with Crippen LogP contribution >= 0.6 is 0 Å². The van der Waals surface area contributed by atoms with Gasteiger partial charge in [0.2, 0.25) is 0 Å². The molecule has 1 aromatic rings. The van der Waals surface area contributed by atoms with Gasteiger partial charge in [-0.15, -0.1) is 0 Å². The van der Waals surface area contributed by atoms with Crippen molar-refractivity contribution < 1.29 is 0 Å². The average Bonchev–Trinajstić information content (AvgIpc) is 2.38. The summed E-state index contributed by atoms with van der Waals surface area (Å²) >= 11 is 0. The molecule has 1 N–H and O–H groups in total. The van der Waals surface area contributed by atoms with Gasteiger partial charge < -0.3 is 10.2 Å². The Bertz CT molecular complexity index is 424. The van der Waals surface area contributed by atoms with E-state index in [-0.39, 0.29) is 0 Å². The molecule has 3 heteroatoms. The number of nitrogens with zero attached hydrogens (tertiary/aromatic N) is 2. The Balaban J connectivity index is 2.99. The first-order valence-electron chi connectivity index (χ1n) is 8.33. The monoisotopic (exact) mass is 291 g/mol. The first-order valence-corrected chi connectivity index (χ1v) is 8.33. The van der Waals surface area contributed by atoms with E-state index in [1.165, 1.54) is 11.3 Å². The fraction of sp³-hybridized carbons (Fsp3) is 0.722. The standard InChI is InChI=1S/C18H33N3/c1-8-21(15(6)7)18-10-16(12-19-11-13(2)3)9-17(20-18)14(4)5/h9-10,13-15,19H,8,11-12H2,1-7H3. The zero-order chi connectivity index (χ0) is 16.0. The van der Waals surface area contributed by atoms with Gasteiger partial charge in [-0.3, -0.25) is 0 Å².